The fourth-order valence-corrected chi connectivity index (χ4v) is 3.16. The number of pyridine rings is 1. The Balaban J connectivity index is 1.64. The van der Waals surface area contributed by atoms with Gasteiger partial charge in [0.05, 0.1) is 22.4 Å². The molecule has 1 aliphatic rings. The first-order chi connectivity index (χ1) is 11.3. The summed E-state index contributed by atoms with van der Waals surface area (Å²) in [6.45, 7) is 0. The summed E-state index contributed by atoms with van der Waals surface area (Å²) in [4.78, 5) is 13.2. The van der Waals surface area contributed by atoms with E-state index in [1.165, 1.54) is 11.3 Å². The standard InChI is InChI=1S/C17H12N4OS/c22-16-15(8-11-9-19-14-6-2-1-5-13(11)14)23-17(21-16)20-12-4-3-7-18-10-12/h1-10,22H,(H,20,21). The van der Waals surface area contributed by atoms with E-state index in [1.54, 1.807) is 18.6 Å². The fraction of sp³-hybridized carbons (Fsp3) is 0. The van der Waals surface area contributed by atoms with Gasteiger partial charge in [-0.2, -0.15) is 4.98 Å². The lowest BCUT2D eigenvalue weighted by Crippen LogP contribution is -1.88. The highest BCUT2D eigenvalue weighted by atomic mass is 32.1. The molecule has 3 aromatic rings. The van der Waals surface area contributed by atoms with Gasteiger partial charge in [0, 0.05) is 23.5 Å². The normalized spacial score (nSPS) is 14.2. The van der Waals surface area contributed by atoms with E-state index in [-0.39, 0.29) is 5.88 Å². The molecule has 0 saturated heterocycles. The zero-order chi connectivity index (χ0) is 15.6. The summed E-state index contributed by atoms with van der Waals surface area (Å²) in [5.41, 5.74) is 3.79. The Morgan fingerprint density at radius 3 is 2.91 bits per heavy atom. The molecule has 4 rings (SSSR count). The summed E-state index contributed by atoms with van der Waals surface area (Å²) in [5.74, 6) is 0.00618. The molecule has 6 heteroatoms. The molecular formula is C17H12N4OS. The summed E-state index contributed by atoms with van der Waals surface area (Å²) in [5, 5.41) is 13.8. The van der Waals surface area contributed by atoms with Gasteiger partial charge in [0.1, 0.15) is 0 Å². The van der Waals surface area contributed by atoms with Gasteiger partial charge < -0.3 is 10.4 Å². The molecule has 0 unspecified atom stereocenters. The van der Waals surface area contributed by atoms with Crippen LogP contribution in [0.4, 0.5) is 16.5 Å². The maximum atomic E-state index is 10.1. The molecule has 23 heavy (non-hydrogen) atoms. The molecule has 1 aromatic carbocycles. The van der Waals surface area contributed by atoms with Gasteiger partial charge in [-0.15, -0.1) is 0 Å². The van der Waals surface area contributed by atoms with Crippen LogP contribution in [0.2, 0.25) is 0 Å². The zero-order valence-electron chi connectivity index (χ0n) is 12.0. The Morgan fingerprint density at radius 2 is 2.04 bits per heavy atom. The van der Waals surface area contributed by atoms with Crippen molar-refractivity contribution < 1.29 is 5.11 Å². The van der Waals surface area contributed by atoms with Crippen molar-refractivity contribution in [2.24, 2.45) is 4.99 Å². The number of fused-ring (bicyclic) bond motifs is 1. The van der Waals surface area contributed by atoms with Gasteiger partial charge in [-0.25, -0.2) is 0 Å². The predicted octanol–water partition coefficient (Wildman–Crippen LogP) is 4.24. The molecule has 0 spiro atoms. The van der Waals surface area contributed by atoms with Crippen LogP contribution >= 0.6 is 11.3 Å². The van der Waals surface area contributed by atoms with Gasteiger partial charge in [0.25, 0.3) is 0 Å². The van der Waals surface area contributed by atoms with E-state index in [9.17, 15) is 5.11 Å². The minimum Gasteiger partial charge on any atom is -0.492 e. The van der Waals surface area contributed by atoms with E-state index in [0.29, 0.717) is 10.0 Å². The number of rotatable bonds is 3. The Hall–Kier alpha value is -2.99. The van der Waals surface area contributed by atoms with E-state index in [0.717, 1.165) is 22.5 Å². The highest BCUT2D eigenvalue weighted by Crippen LogP contribution is 2.36. The van der Waals surface area contributed by atoms with Crippen LogP contribution in [0.5, 0.6) is 5.88 Å². The van der Waals surface area contributed by atoms with Crippen molar-refractivity contribution in [2.75, 3.05) is 5.32 Å². The third kappa shape index (κ3) is 2.72. The van der Waals surface area contributed by atoms with Crippen LogP contribution in [0.15, 0.2) is 53.8 Å². The lowest BCUT2D eigenvalue weighted by atomic mass is 10.1. The van der Waals surface area contributed by atoms with E-state index < -0.39 is 0 Å². The molecule has 5 nitrogen and oxygen atoms in total. The summed E-state index contributed by atoms with van der Waals surface area (Å²) in [6, 6.07) is 11.6. The second kappa shape index (κ2) is 5.66. The topological polar surface area (TPSA) is 70.4 Å². The number of aromatic nitrogens is 2. The second-order valence-electron chi connectivity index (χ2n) is 4.95. The first kappa shape index (κ1) is 13.7. The van der Waals surface area contributed by atoms with Gasteiger partial charge in [0.15, 0.2) is 5.13 Å². The van der Waals surface area contributed by atoms with Crippen molar-refractivity contribution in [2.45, 2.75) is 0 Å². The van der Waals surface area contributed by atoms with E-state index in [1.807, 2.05) is 42.5 Å². The molecular weight excluding hydrogens is 308 g/mol. The van der Waals surface area contributed by atoms with Crippen LogP contribution in [-0.4, -0.2) is 21.3 Å². The number of aliphatic imine (C=N–C) groups is 1. The Morgan fingerprint density at radius 1 is 1.13 bits per heavy atom. The average molecular weight is 320 g/mol. The maximum Gasteiger partial charge on any atom is 0.231 e. The summed E-state index contributed by atoms with van der Waals surface area (Å²) in [7, 11) is 0. The van der Waals surface area contributed by atoms with Crippen LogP contribution in [-0.2, 0) is 0 Å². The maximum absolute atomic E-state index is 10.1. The number of hydrogen-bond donors (Lipinski definition) is 2. The number of para-hydroxylation sites is 1. The second-order valence-corrected chi connectivity index (χ2v) is 5.98. The van der Waals surface area contributed by atoms with Crippen LogP contribution in [0.3, 0.4) is 0 Å². The van der Waals surface area contributed by atoms with Crippen LogP contribution in [0.25, 0.3) is 11.6 Å². The minimum atomic E-state index is 0.00618. The number of aromatic hydroxyl groups is 1. The quantitative estimate of drug-likeness (QED) is 0.757. The van der Waals surface area contributed by atoms with Crippen LogP contribution in [0, 0.1) is 0 Å². The molecule has 0 amide bonds. The number of allylic oxidation sites excluding steroid dienone is 1. The molecule has 1 aliphatic heterocycles. The summed E-state index contributed by atoms with van der Waals surface area (Å²) < 4.78 is 0. The van der Waals surface area contributed by atoms with Gasteiger partial charge >= 0.3 is 0 Å². The molecule has 3 heterocycles. The van der Waals surface area contributed by atoms with Gasteiger partial charge in [-0.1, -0.05) is 29.5 Å². The number of hydrogen-bond acceptors (Lipinski definition) is 6. The molecule has 0 radical (unpaired) electrons. The van der Waals surface area contributed by atoms with E-state index in [4.69, 9.17) is 0 Å². The third-order valence-electron chi connectivity index (χ3n) is 3.39. The van der Waals surface area contributed by atoms with E-state index in [2.05, 4.69) is 20.3 Å². The molecule has 0 fully saturated rings. The molecule has 0 saturated carbocycles. The highest BCUT2D eigenvalue weighted by molar-refractivity contribution is 7.16. The molecule has 2 N–H and O–H groups in total. The fourth-order valence-electron chi connectivity index (χ4n) is 2.33. The summed E-state index contributed by atoms with van der Waals surface area (Å²) in [6.07, 6.45) is 7.11. The molecule has 0 atom stereocenters. The van der Waals surface area contributed by atoms with Crippen molar-refractivity contribution in [3.05, 3.63) is 59.2 Å². The van der Waals surface area contributed by atoms with Gasteiger partial charge in [-0.3, -0.25) is 9.98 Å². The van der Waals surface area contributed by atoms with Gasteiger partial charge in [0.2, 0.25) is 5.88 Å². The number of anilines is 2. The number of nitrogens with one attached hydrogen (secondary N) is 1. The number of nitrogens with zero attached hydrogens (tertiary/aromatic N) is 3. The monoisotopic (exact) mass is 320 g/mol. The molecule has 2 aromatic heterocycles. The lowest BCUT2D eigenvalue weighted by molar-refractivity contribution is 0.457. The zero-order valence-corrected chi connectivity index (χ0v) is 12.8. The van der Waals surface area contributed by atoms with Crippen LogP contribution in [0.1, 0.15) is 10.4 Å². The molecule has 112 valence electrons. The third-order valence-corrected chi connectivity index (χ3v) is 4.30. The molecule has 0 aliphatic carbocycles. The Bertz CT molecular complexity index is 915. The van der Waals surface area contributed by atoms with Crippen molar-refractivity contribution >= 4 is 45.7 Å². The predicted molar refractivity (Wildman–Crippen MR) is 93.8 cm³/mol. The summed E-state index contributed by atoms with van der Waals surface area (Å²) >= 11 is 1.38. The lowest BCUT2D eigenvalue weighted by Gasteiger charge is -1.99. The largest absolute Gasteiger partial charge is 0.492 e. The van der Waals surface area contributed by atoms with Crippen molar-refractivity contribution in [1.29, 1.82) is 0 Å². The van der Waals surface area contributed by atoms with Crippen molar-refractivity contribution in [3.63, 3.8) is 0 Å². The van der Waals surface area contributed by atoms with Crippen LogP contribution < -0.4 is 5.32 Å². The van der Waals surface area contributed by atoms with E-state index >= 15 is 0 Å². The first-order valence-electron chi connectivity index (χ1n) is 7.01. The highest BCUT2D eigenvalue weighted by Gasteiger charge is 2.14. The van der Waals surface area contributed by atoms with Crippen molar-refractivity contribution in [1.82, 2.24) is 9.97 Å². The smallest absolute Gasteiger partial charge is 0.231 e. The SMILES string of the molecule is Oc1nc(Nc2cccnc2)sc1C=C1C=Nc2ccccc21. The average Bonchev–Trinajstić information content (AvgIpc) is 3.13. The van der Waals surface area contributed by atoms with Crippen molar-refractivity contribution in [3.8, 4) is 5.88 Å². The minimum absolute atomic E-state index is 0.00618. The van der Waals surface area contributed by atoms with Gasteiger partial charge in [-0.05, 0) is 24.3 Å². The Labute approximate surface area is 136 Å². The Kier molecular flexibility index (Phi) is 3.36. The molecule has 0 bridgehead atoms. The number of benzene rings is 1. The number of thiazole rings is 1. The first-order valence-corrected chi connectivity index (χ1v) is 7.83.